The zero-order valence-electron chi connectivity index (χ0n) is 14.5. The number of carbonyl (C=O) groups excluding carboxylic acids is 2. The summed E-state index contributed by atoms with van der Waals surface area (Å²) in [5.41, 5.74) is 2.01. The SMILES string of the molecule is Cc1ccc(OCC(=O)Nc2ccc(NC(=O)c3ccco3)c(Cl)c2)cc1. The smallest absolute Gasteiger partial charge is 0.291 e. The van der Waals surface area contributed by atoms with Gasteiger partial charge in [0.1, 0.15) is 5.75 Å². The van der Waals surface area contributed by atoms with Crippen LogP contribution in [-0.2, 0) is 4.79 Å². The van der Waals surface area contributed by atoms with E-state index >= 15 is 0 Å². The number of aryl methyl sites for hydroxylation is 1. The zero-order chi connectivity index (χ0) is 19.2. The van der Waals surface area contributed by atoms with Gasteiger partial charge in [-0.15, -0.1) is 0 Å². The molecular weight excluding hydrogens is 368 g/mol. The van der Waals surface area contributed by atoms with Crippen molar-refractivity contribution < 1.29 is 18.7 Å². The van der Waals surface area contributed by atoms with Crippen molar-refractivity contribution in [2.45, 2.75) is 6.92 Å². The molecule has 0 saturated carbocycles. The van der Waals surface area contributed by atoms with Crippen molar-refractivity contribution in [1.82, 2.24) is 0 Å². The molecule has 0 atom stereocenters. The number of carbonyl (C=O) groups is 2. The molecule has 3 rings (SSSR count). The van der Waals surface area contributed by atoms with Gasteiger partial charge in [0.05, 0.1) is 17.0 Å². The maximum Gasteiger partial charge on any atom is 0.291 e. The molecule has 0 aliphatic heterocycles. The molecule has 2 N–H and O–H groups in total. The summed E-state index contributed by atoms with van der Waals surface area (Å²) >= 11 is 6.18. The predicted octanol–water partition coefficient (Wildman–Crippen LogP) is 4.51. The maximum atomic E-state index is 12.0. The van der Waals surface area contributed by atoms with E-state index in [1.165, 1.54) is 6.26 Å². The van der Waals surface area contributed by atoms with E-state index in [1.54, 1.807) is 42.5 Å². The van der Waals surface area contributed by atoms with Crippen molar-refractivity contribution >= 4 is 34.8 Å². The number of ether oxygens (including phenoxy) is 1. The molecular formula is C20H17ClN2O4. The van der Waals surface area contributed by atoms with Gasteiger partial charge in [-0.3, -0.25) is 9.59 Å². The van der Waals surface area contributed by atoms with Crippen LogP contribution in [0, 0.1) is 6.92 Å². The van der Waals surface area contributed by atoms with Crippen LogP contribution in [0.4, 0.5) is 11.4 Å². The minimum Gasteiger partial charge on any atom is -0.484 e. The summed E-state index contributed by atoms with van der Waals surface area (Å²) in [7, 11) is 0. The second-order valence-corrected chi connectivity index (χ2v) is 6.18. The average molecular weight is 385 g/mol. The van der Waals surface area contributed by atoms with E-state index in [1.807, 2.05) is 19.1 Å². The Labute approximate surface area is 161 Å². The fourth-order valence-electron chi connectivity index (χ4n) is 2.27. The quantitative estimate of drug-likeness (QED) is 0.655. The molecule has 0 saturated heterocycles. The van der Waals surface area contributed by atoms with Crippen LogP contribution >= 0.6 is 11.6 Å². The van der Waals surface area contributed by atoms with Crippen LogP contribution in [0.5, 0.6) is 5.75 Å². The topological polar surface area (TPSA) is 80.6 Å². The highest BCUT2D eigenvalue weighted by Crippen LogP contribution is 2.26. The van der Waals surface area contributed by atoms with Crippen LogP contribution < -0.4 is 15.4 Å². The van der Waals surface area contributed by atoms with Gasteiger partial charge in [-0.05, 0) is 49.4 Å². The summed E-state index contributed by atoms with van der Waals surface area (Å²) in [5.74, 6) is 0.0608. The lowest BCUT2D eigenvalue weighted by Crippen LogP contribution is -2.20. The Hall–Kier alpha value is -3.25. The van der Waals surface area contributed by atoms with Crippen molar-refractivity contribution in [3.05, 3.63) is 77.2 Å². The van der Waals surface area contributed by atoms with Gasteiger partial charge in [-0.1, -0.05) is 29.3 Å². The van der Waals surface area contributed by atoms with E-state index < -0.39 is 5.91 Å². The molecule has 0 unspecified atom stereocenters. The van der Waals surface area contributed by atoms with Gasteiger partial charge in [0.25, 0.3) is 11.8 Å². The molecule has 0 bridgehead atoms. The number of furan rings is 1. The number of hydrogen-bond acceptors (Lipinski definition) is 4. The van der Waals surface area contributed by atoms with E-state index in [0.717, 1.165) is 5.56 Å². The fourth-order valence-corrected chi connectivity index (χ4v) is 2.49. The first-order valence-corrected chi connectivity index (χ1v) is 8.53. The molecule has 2 amide bonds. The molecule has 3 aromatic rings. The van der Waals surface area contributed by atoms with Gasteiger partial charge >= 0.3 is 0 Å². The first kappa shape index (κ1) is 18.5. The normalized spacial score (nSPS) is 10.3. The number of halogens is 1. The van der Waals surface area contributed by atoms with Gasteiger partial charge in [0, 0.05) is 5.69 Å². The molecule has 0 fully saturated rings. The Morgan fingerprint density at radius 2 is 1.85 bits per heavy atom. The van der Waals surface area contributed by atoms with Crippen LogP contribution in [0.1, 0.15) is 16.1 Å². The number of nitrogens with one attached hydrogen (secondary N) is 2. The zero-order valence-corrected chi connectivity index (χ0v) is 15.2. The van der Waals surface area contributed by atoms with Crippen LogP contribution in [0.15, 0.2) is 65.3 Å². The number of anilines is 2. The fraction of sp³-hybridized carbons (Fsp3) is 0.100. The second-order valence-electron chi connectivity index (χ2n) is 5.78. The molecule has 2 aromatic carbocycles. The van der Waals surface area contributed by atoms with Crippen LogP contribution in [0.3, 0.4) is 0 Å². The standard InChI is InChI=1S/C20H17ClN2O4/c1-13-4-7-15(8-5-13)27-12-19(24)22-14-6-9-17(16(21)11-14)23-20(25)18-3-2-10-26-18/h2-11H,12H2,1H3,(H,22,24)(H,23,25). The van der Waals surface area contributed by atoms with E-state index in [9.17, 15) is 9.59 Å². The highest BCUT2D eigenvalue weighted by atomic mass is 35.5. The van der Waals surface area contributed by atoms with E-state index in [2.05, 4.69) is 10.6 Å². The van der Waals surface area contributed by atoms with E-state index in [4.69, 9.17) is 20.8 Å². The summed E-state index contributed by atoms with van der Waals surface area (Å²) in [6, 6.07) is 15.4. The lowest BCUT2D eigenvalue weighted by atomic mass is 10.2. The summed E-state index contributed by atoms with van der Waals surface area (Å²) in [6.07, 6.45) is 1.41. The predicted molar refractivity (Wildman–Crippen MR) is 103 cm³/mol. The molecule has 0 radical (unpaired) electrons. The minimum atomic E-state index is -0.412. The van der Waals surface area contributed by atoms with Crippen LogP contribution in [0.2, 0.25) is 5.02 Å². The van der Waals surface area contributed by atoms with Gasteiger partial charge in [0.15, 0.2) is 12.4 Å². The number of benzene rings is 2. The number of hydrogen-bond donors (Lipinski definition) is 2. The van der Waals surface area contributed by atoms with E-state index in [-0.39, 0.29) is 23.3 Å². The Morgan fingerprint density at radius 1 is 1.07 bits per heavy atom. The molecule has 1 aromatic heterocycles. The highest BCUT2D eigenvalue weighted by molar-refractivity contribution is 6.34. The second kappa shape index (κ2) is 8.42. The van der Waals surface area contributed by atoms with Gasteiger partial charge in [0.2, 0.25) is 0 Å². The monoisotopic (exact) mass is 384 g/mol. The largest absolute Gasteiger partial charge is 0.484 e. The molecule has 6 nitrogen and oxygen atoms in total. The van der Waals surface area contributed by atoms with Gasteiger partial charge in [-0.25, -0.2) is 0 Å². The summed E-state index contributed by atoms with van der Waals surface area (Å²) in [6.45, 7) is 1.85. The summed E-state index contributed by atoms with van der Waals surface area (Å²) < 4.78 is 10.5. The van der Waals surface area contributed by atoms with E-state index in [0.29, 0.717) is 17.1 Å². The molecule has 138 valence electrons. The minimum absolute atomic E-state index is 0.127. The first-order valence-electron chi connectivity index (χ1n) is 8.15. The van der Waals surface area contributed by atoms with Crippen molar-refractivity contribution in [3.8, 4) is 5.75 Å². The lowest BCUT2D eigenvalue weighted by Gasteiger charge is -2.10. The summed E-state index contributed by atoms with van der Waals surface area (Å²) in [4.78, 5) is 24.0. The Balaban J connectivity index is 1.55. The Kier molecular flexibility index (Phi) is 5.78. The summed E-state index contributed by atoms with van der Waals surface area (Å²) in [5, 5.41) is 5.62. The highest BCUT2D eigenvalue weighted by Gasteiger charge is 2.12. The van der Waals surface area contributed by atoms with Gasteiger partial charge < -0.3 is 19.8 Å². The average Bonchev–Trinajstić information content (AvgIpc) is 3.18. The maximum absolute atomic E-state index is 12.0. The molecule has 0 spiro atoms. The molecule has 0 aliphatic rings. The first-order chi connectivity index (χ1) is 13.0. The number of rotatable bonds is 6. The molecule has 7 heteroatoms. The van der Waals surface area contributed by atoms with Crippen LogP contribution in [0.25, 0.3) is 0 Å². The van der Waals surface area contributed by atoms with Crippen molar-refractivity contribution in [1.29, 1.82) is 0 Å². The third kappa shape index (κ3) is 5.12. The third-order valence-corrected chi connectivity index (χ3v) is 3.95. The van der Waals surface area contributed by atoms with Crippen LogP contribution in [-0.4, -0.2) is 18.4 Å². The molecule has 0 aliphatic carbocycles. The Morgan fingerprint density at radius 3 is 2.52 bits per heavy atom. The molecule has 27 heavy (non-hydrogen) atoms. The number of amides is 2. The van der Waals surface area contributed by atoms with Crippen molar-refractivity contribution in [2.24, 2.45) is 0 Å². The third-order valence-electron chi connectivity index (χ3n) is 3.64. The molecule has 1 heterocycles. The van der Waals surface area contributed by atoms with Gasteiger partial charge in [-0.2, -0.15) is 0 Å². The lowest BCUT2D eigenvalue weighted by molar-refractivity contribution is -0.118. The van der Waals surface area contributed by atoms with Crippen molar-refractivity contribution in [3.63, 3.8) is 0 Å². The Bertz CT molecular complexity index is 937. The van der Waals surface area contributed by atoms with Crippen molar-refractivity contribution in [2.75, 3.05) is 17.2 Å².